The maximum Gasteiger partial charge on any atom is 0.0360 e. The van der Waals surface area contributed by atoms with Crippen LogP contribution in [0.5, 0.6) is 0 Å². The molecule has 2 nitrogen and oxygen atoms in total. The first-order valence-corrected chi connectivity index (χ1v) is 8.15. The predicted octanol–water partition coefficient (Wildman–Crippen LogP) is 3.79. The SMILES string of the molecule is CCC(CC)CC(N)C1(N(CC)CC)CCCC1. The zero-order valence-corrected chi connectivity index (χ0v) is 13.0. The van der Waals surface area contributed by atoms with E-state index in [-0.39, 0.29) is 0 Å². The molecule has 18 heavy (non-hydrogen) atoms. The Bertz CT molecular complexity index is 213. The number of nitrogens with zero attached hydrogens (tertiary/aromatic N) is 1. The molecule has 2 N–H and O–H groups in total. The zero-order valence-electron chi connectivity index (χ0n) is 13.0. The Balaban J connectivity index is 2.77. The van der Waals surface area contributed by atoms with Crippen LogP contribution in [-0.4, -0.2) is 29.6 Å². The molecule has 0 aromatic rings. The molecule has 0 heterocycles. The highest BCUT2D eigenvalue weighted by Crippen LogP contribution is 2.39. The minimum Gasteiger partial charge on any atom is -0.326 e. The molecule has 108 valence electrons. The van der Waals surface area contributed by atoms with Crippen LogP contribution in [0.25, 0.3) is 0 Å². The van der Waals surface area contributed by atoms with Crippen molar-refractivity contribution in [3.8, 4) is 0 Å². The second-order valence-electron chi connectivity index (χ2n) is 6.01. The molecule has 0 saturated heterocycles. The first-order chi connectivity index (χ1) is 8.64. The van der Waals surface area contributed by atoms with Crippen LogP contribution in [0.3, 0.4) is 0 Å². The van der Waals surface area contributed by atoms with Gasteiger partial charge in [0.05, 0.1) is 0 Å². The lowest BCUT2D eigenvalue weighted by atomic mass is 9.80. The maximum absolute atomic E-state index is 6.68. The summed E-state index contributed by atoms with van der Waals surface area (Å²) in [5, 5.41) is 0. The van der Waals surface area contributed by atoms with Crippen molar-refractivity contribution in [2.75, 3.05) is 13.1 Å². The molecule has 1 unspecified atom stereocenters. The summed E-state index contributed by atoms with van der Waals surface area (Å²) in [6.07, 6.45) is 9.13. The van der Waals surface area contributed by atoms with Crippen molar-refractivity contribution in [2.45, 2.75) is 84.2 Å². The molecule has 0 bridgehead atoms. The largest absolute Gasteiger partial charge is 0.326 e. The van der Waals surface area contributed by atoms with E-state index in [4.69, 9.17) is 5.73 Å². The Labute approximate surface area is 114 Å². The van der Waals surface area contributed by atoms with Crippen molar-refractivity contribution in [2.24, 2.45) is 11.7 Å². The third-order valence-electron chi connectivity index (χ3n) is 5.29. The molecule has 1 saturated carbocycles. The van der Waals surface area contributed by atoms with Crippen molar-refractivity contribution in [3.63, 3.8) is 0 Å². The zero-order chi connectivity index (χ0) is 13.6. The number of hydrogen-bond donors (Lipinski definition) is 1. The molecule has 0 aromatic heterocycles. The molecular weight excluding hydrogens is 220 g/mol. The molecule has 1 aliphatic rings. The number of hydrogen-bond acceptors (Lipinski definition) is 2. The Kier molecular flexibility index (Phi) is 6.65. The molecule has 1 rings (SSSR count). The Morgan fingerprint density at radius 2 is 1.50 bits per heavy atom. The molecule has 2 heteroatoms. The molecule has 0 amide bonds. The third kappa shape index (κ3) is 3.27. The van der Waals surface area contributed by atoms with Gasteiger partial charge in [0.25, 0.3) is 0 Å². The summed E-state index contributed by atoms with van der Waals surface area (Å²) >= 11 is 0. The Morgan fingerprint density at radius 3 is 1.89 bits per heavy atom. The van der Waals surface area contributed by atoms with Crippen LogP contribution >= 0.6 is 0 Å². The predicted molar refractivity (Wildman–Crippen MR) is 80.8 cm³/mol. The minimum absolute atomic E-state index is 0.312. The van der Waals surface area contributed by atoms with E-state index >= 15 is 0 Å². The summed E-state index contributed by atoms with van der Waals surface area (Å²) in [7, 11) is 0. The van der Waals surface area contributed by atoms with E-state index in [0.717, 1.165) is 19.0 Å². The van der Waals surface area contributed by atoms with Crippen molar-refractivity contribution >= 4 is 0 Å². The number of nitrogens with two attached hydrogens (primary N) is 1. The second kappa shape index (κ2) is 7.49. The lowest BCUT2D eigenvalue weighted by molar-refractivity contribution is 0.0674. The normalized spacial score (nSPS) is 20.8. The van der Waals surface area contributed by atoms with Crippen LogP contribution in [0.15, 0.2) is 0 Å². The van der Waals surface area contributed by atoms with Crippen molar-refractivity contribution < 1.29 is 0 Å². The van der Waals surface area contributed by atoms with Gasteiger partial charge in [-0.05, 0) is 38.3 Å². The summed E-state index contributed by atoms with van der Waals surface area (Å²) in [6.45, 7) is 11.5. The molecule has 0 aliphatic heterocycles. The average molecular weight is 254 g/mol. The standard InChI is InChI=1S/C16H34N2/c1-5-14(6-2)13-15(17)16(11-9-10-12-16)18(7-3)8-4/h14-15H,5-13,17H2,1-4H3. The molecule has 1 fully saturated rings. The van der Waals surface area contributed by atoms with Crippen LogP contribution in [0.4, 0.5) is 0 Å². The van der Waals surface area contributed by atoms with Gasteiger partial charge in [-0.1, -0.05) is 53.4 Å². The summed E-state index contributed by atoms with van der Waals surface area (Å²) in [4.78, 5) is 2.65. The molecule has 1 aliphatic carbocycles. The van der Waals surface area contributed by atoms with Gasteiger partial charge >= 0.3 is 0 Å². The summed E-state index contributed by atoms with van der Waals surface area (Å²) in [6, 6.07) is 0.366. The molecule has 1 atom stereocenters. The summed E-state index contributed by atoms with van der Waals surface area (Å²) in [5.41, 5.74) is 6.99. The van der Waals surface area contributed by atoms with Gasteiger partial charge in [0.2, 0.25) is 0 Å². The van der Waals surface area contributed by atoms with Crippen LogP contribution in [0, 0.1) is 5.92 Å². The fourth-order valence-electron chi connectivity index (χ4n) is 3.96. The minimum atomic E-state index is 0.312. The van der Waals surface area contributed by atoms with Gasteiger partial charge in [-0.15, -0.1) is 0 Å². The Morgan fingerprint density at radius 1 is 1.00 bits per heavy atom. The van der Waals surface area contributed by atoms with Gasteiger partial charge in [0, 0.05) is 11.6 Å². The monoisotopic (exact) mass is 254 g/mol. The number of rotatable bonds is 8. The molecule has 0 spiro atoms. The van der Waals surface area contributed by atoms with E-state index in [1.165, 1.54) is 44.9 Å². The van der Waals surface area contributed by atoms with Gasteiger partial charge in [-0.3, -0.25) is 4.90 Å². The summed E-state index contributed by atoms with van der Waals surface area (Å²) in [5.74, 6) is 0.813. The number of likely N-dealkylation sites (N-methyl/N-ethyl adjacent to an activating group) is 1. The summed E-state index contributed by atoms with van der Waals surface area (Å²) < 4.78 is 0. The fourth-order valence-corrected chi connectivity index (χ4v) is 3.96. The Hall–Kier alpha value is -0.0800. The van der Waals surface area contributed by atoms with Crippen LogP contribution in [0.1, 0.15) is 72.6 Å². The van der Waals surface area contributed by atoms with Gasteiger partial charge in [-0.2, -0.15) is 0 Å². The average Bonchev–Trinajstić information content (AvgIpc) is 2.87. The van der Waals surface area contributed by atoms with Gasteiger partial charge in [0.15, 0.2) is 0 Å². The lowest BCUT2D eigenvalue weighted by Gasteiger charge is -2.45. The quantitative estimate of drug-likeness (QED) is 0.714. The highest BCUT2D eigenvalue weighted by atomic mass is 15.2. The van der Waals surface area contributed by atoms with Crippen LogP contribution in [0.2, 0.25) is 0 Å². The van der Waals surface area contributed by atoms with Crippen molar-refractivity contribution in [1.29, 1.82) is 0 Å². The van der Waals surface area contributed by atoms with E-state index in [0.29, 0.717) is 11.6 Å². The molecule has 0 radical (unpaired) electrons. The highest BCUT2D eigenvalue weighted by Gasteiger charge is 2.43. The first-order valence-electron chi connectivity index (χ1n) is 8.15. The van der Waals surface area contributed by atoms with E-state index in [9.17, 15) is 0 Å². The van der Waals surface area contributed by atoms with Gasteiger partial charge in [0.1, 0.15) is 0 Å². The topological polar surface area (TPSA) is 29.3 Å². The first kappa shape index (κ1) is 16.0. The van der Waals surface area contributed by atoms with Gasteiger partial charge < -0.3 is 5.73 Å². The molecular formula is C16H34N2. The van der Waals surface area contributed by atoms with E-state index < -0.39 is 0 Å². The van der Waals surface area contributed by atoms with Crippen LogP contribution < -0.4 is 5.73 Å². The van der Waals surface area contributed by atoms with E-state index in [2.05, 4.69) is 32.6 Å². The van der Waals surface area contributed by atoms with Crippen molar-refractivity contribution in [3.05, 3.63) is 0 Å². The van der Waals surface area contributed by atoms with E-state index in [1.807, 2.05) is 0 Å². The van der Waals surface area contributed by atoms with Crippen LogP contribution in [-0.2, 0) is 0 Å². The molecule has 0 aromatic carbocycles. The third-order valence-corrected chi connectivity index (χ3v) is 5.29. The van der Waals surface area contributed by atoms with E-state index in [1.54, 1.807) is 0 Å². The van der Waals surface area contributed by atoms with Gasteiger partial charge in [-0.25, -0.2) is 0 Å². The lowest BCUT2D eigenvalue weighted by Crippen LogP contribution is -2.58. The maximum atomic E-state index is 6.68. The highest BCUT2D eigenvalue weighted by molar-refractivity contribution is 5.02. The van der Waals surface area contributed by atoms with Crippen molar-refractivity contribution in [1.82, 2.24) is 4.90 Å². The second-order valence-corrected chi connectivity index (χ2v) is 6.01. The fraction of sp³-hybridized carbons (Fsp3) is 1.00. The smallest absolute Gasteiger partial charge is 0.0360 e.